The van der Waals surface area contributed by atoms with Gasteiger partial charge < -0.3 is 9.64 Å². The van der Waals surface area contributed by atoms with Crippen LogP contribution in [0.15, 0.2) is 59.3 Å². The van der Waals surface area contributed by atoms with Crippen LogP contribution in [0.2, 0.25) is 0 Å². The number of esters is 1. The van der Waals surface area contributed by atoms with Crippen LogP contribution >= 0.6 is 0 Å². The number of hydrogen-bond acceptors (Lipinski definition) is 4. The first-order chi connectivity index (χ1) is 13.3. The molecule has 0 unspecified atom stereocenters. The predicted octanol–water partition coefficient (Wildman–Crippen LogP) is 3.46. The third-order valence-electron chi connectivity index (χ3n) is 6.34. The summed E-state index contributed by atoms with van der Waals surface area (Å²) < 4.78 is 5.15. The molecule has 0 bridgehead atoms. The highest BCUT2D eigenvalue weighted by Gasteiger charge is 2.44. The number of fused-ring (bicyclic) bond motifs is 2. The number of para-hydroxylation sites is 1. The van der Waals surface area contributed by atoms with Gasteiger partial charge in [-0.1, -0.05) is 36.4 Å². The monoisotopic (exact) mass is 362 g/mol. The van der Waals surface area contributed by atoms with Gasteiger partial charge in [0.15, 0.2) is 0 Å². The average Bonchev–Trinajstić information content (AvgIpc) is 3.00. The van der Waals surface area contributed by atoms with E-state index in [1.54, 1.807) is 5.57 Å². The van der Waals surface area contributed by atoms with Gasteiger partial charge in [-0.15, -0.1) is 0 Å². The standard InChI is InChI=1S/C23H26N2O2/c1-2-27-21(26)10-11-24-12-13-25-19-9-4-3-6-16(19)14-17-7-5-8-18-15-20(24)23(25)22(17)18/h3-9,18,20H,2,10-15H2,1H3/t18-,20-/m1/s1. The fourth-order valence-electron chi connectivity index (χ4n) is 5.23. The summed E-state index contributed by atoms with van der Waals surface area (Å²) in [6, 6.07) is 9.24. The Balaban J connectivity index is 1.50. The summed E-state index contributed by atoms with van der Waals surface area (Å²) in [5, 5.41) is 0. The molecule has 2 heterocycles. The molecule has 0 radical (unpaired) electrons. The van der Waals surface area contributed by atoms with Crippen molar-refractivity contribution in [2.24, 2.45) is 5.92 Å². The molecule has 140 valence electrons. The molecule has 4 nitrogen and oxygen atoms in total. The van der Waals surface area contributed by atoms with Crippen molar-refractivity contribution < 1.29 is 9.53 Å². The molecular weight excluding hydrogens is 336 g/mol. The van der Waals surface area contributed by atoms with E-state index in [1.807, 2.05) is 6.92 Å². The Kier molecular flexibility index (Phi) is 4.16. The maximum absolute atomic E-state index is 11.9. The summed E-state index contributed by atoms with van der Waals surface area (Å²) in [5.41, 5.74) is 7.29. The molecule has 1 aromatic rings. The van der Waals surface area contributed by atoms with Crippen molar-refractivity contribution in [3.63, 3.8) is 0 Å². The number of allylic oxidation sites excluding steroid dienone is 5. The van der Waals surface area contributed by atoms with Crippen molar-refractivity contribution in [3.8, 4) is 0 Å². The van der Waals surface area contributed by atoms with Gasteiger partial charge in [-0.05, 0) is 42.5 Å². The van der Waals surface area contributed by atoms with Gasteiger partial charge in [0.25, 0.3) is 0 Å². The molecule has 0 aromatic heterocycles. The lowest BCUT2D eigenvalue weighted by atomic mass is 9.87. The average molecular weight is 362 g/mol. The quantitative estimate of drug-likeness (QED) is 0.768. The van der Waals surface area contributed by atoms with E-state index in [9.17, 15) is 4.79 Å². The molecule has 4 heteroatoms. The zero-order valence-electron chi connectivity index (χ0n) is 15.9. The number of carbonyl (C=O) groups is 1. The smallest absolute Gasteiger partial charge is 0.307 e. The van der Waals surface area contributed by atoms with E-state index in [1.165, 1.54) is 22.5 Å². The number of nitrogens with zero attached hydrogens (tertiary/aromatic N) is 2. The Bertz CT molecular complexity index is 867. The minimum Gasteiger partial charge on any atom is -0.466 e. The van der Waals surface area contributed by atoms with Crippen LogP contribution < -0.4 is 4.90 Å². The molecule has 2 aliphatic heterocycles. The van der Waals surface area contributed by atoms with Crippen LogP contribution in [0.3, 0.4) is 0 Å². The molecular formula is C23H26N2O2. The van der Waals surface area contributed by atoms with Crippen LogP contribution in [-0.4, -0.2) is 43.2 Å². The highest BCUT2D eigenvalue weighted by molar-refractivity contribution is 5.70. The van der Waals surface area contributed by atoms with Crippen molar-refractivity contribution >= 4 is 11.7 Å². The van der Waals surface area contributed by atoms with Gasteiger partial charge in [0.1, 0.15) is 0 Å². The lowest BCUT2D eigenvalue weighted by Gasteiger charge is -2.43. The van der Waals surface area contributed by atoms with Gasteiger partial charge in [0.2, 0.25) is 0 Å². The summed E-state index contributed by atoms with van der Waals surface area (Å²) in [5.74, 6) is 0.421. The summed E-state index contributed by atoms with van der Waals surface area (Å²) >= 11 is 0. The molecule has 1 aromatic carbocycles. The van der Waals surface area contributed by atoms with Crippen molar-refractivity contribution in [2.75, 3.05) is 31.1 Å². The molecule has 4 aliphatic rings. The van der Waals surface area contributed by atoms with Crippen LogP contribution in [0.5, 0.6) is 0 Å². The fourth-order valence-corrected chi connectivity index (χ4v) is 5.23. The lowest BCUT2D eigenvalue weighted by Crippen LogP contribution is -2.51. The molecule has 0 saturated carbocycles. The lowest BCUT2D eigenvalue weighted by molar-refractivity contribution is -0.143. The second-order valence-corrected chi connectivity index (χ2v) is 7.78. The van der Waals surface area contributed by atoms with Crippen LogP contribution in [0.4, 0.5) is 5.69 Å². The van der Waals surface area contributed by atoms with Crippen molar-refractivity contribution in [2.45, 2.75) is 32.2 Å². The molecule has 5 rings (SSSR count). The van der Waals surface area contributed by atoms with Gasteiger partial charge in [-0.2, -0.15) is 0 Å². The first-order valence-electron chi connectivity index (χ1n) is 10.1. The van der Waals surface area contributed by atoms with E-state index in [0.717, 1.165) is 32.5 Å². The molecule has 27 heavy (non-hydrogen) atoms. The van der Waals surface area contributed by atoms with Gasteiger partial charge in [0.05, 0.1) is 19.1 Å². The molecule has 0 spiro atoms. The fraction of sp³-hybridized carbons (Fsp3) is 0.435. The van der Waals surface area contributed by atoms with Crippen LogP contribution in [-0.2, 0) is 16.0 Å². The van der Waals surface area contributed by atoms with E-state index in [0.29, 0.717) is 25.0 Å². The van der Waals surface area contributed by atoms with Crippen molar-refractivity contribution in [3.05, 3.63) is 64.9 Å². The molecule has 0 N–H and O–H groups in total. The van der Waals surface area contributed by atoms with E-state index >= 15 is 0 Å². The number of piperazine rings is 1. The Hall–Kier alpha value is -2.33. The summed E-state index contributed by atoms with van der Waals surface area (Å²) in [7, 11) is 0. The molecule has 2 aliphatic carbocycles. The largest absolute Gasteiger partial charge is 0.466 e. The predicted molar refractivity (Wildman–Crippen MR) is 106 cm³/mol. The summed E-state index contributed by atoms with van der Waals surface area (Å²) in [6.07, 6.45) is 9.53. The first-order valence-corrected chi connectivity index (χ1v) is 10.1. The molecule has 1 fully saturated rings. The second-order valence-electron chi connectivity index (χ2n) is 7.78. The van der Waals surface area contributed by atoms with Gasteiger partial charge in [0, 0.05) is 36.9 Å². The number of hydrogen-bond donors (Lipinski definition) is 0. The van der Waals surface area contributed by atoms with Crippen molar-refractivity contribution in [1.82, 2.24) is 4.90 Å². The molecule has 2 atom stereocenters. The van der Waals surface area contributed by atoms with E-state index < -0.39 is 0 Å². The van der Waals surface area contributed by atoms with Crippen LogP contribution in [0.25, 0.3) is 0 Å². The maximum Gasteiger partial charge on any atom is 0.307 e. The number of carbonyl (C=O) groups excluding carboxylic acids is 1. The maximum atomic E-state index is 11.9. The Labute approximate surface area is 160 Å². The molecule has 1 saturated heterocycles. The Morgan fingerprint density at radius 2 is 2.15 bits per heavy atom. The highest BCUT2D eigenvalue weighted by atomic mass is 16.5. The van der Waals surface area contributed by atoms with Gasteiger partial charge >= 0.3 is 5.97 Å². The topological polar surface area (TPSA) is 32.8 Å². The van der Waals surface area contributed by atoms with Crippen LogP contribution in [0, 0.1) is 5.92 Å². The van der Waals surface area contributed by atoms with Gasteiger partial charge in [-0.25, -0.2) is 0 Å². The second kappa shape index (κ2) is 6.68. The summed E-state index contributed by atoms with van der Waals surface area (Å²) in [4.78, 5) is 17.0. The van der Waals surface area contributed by atoms with Crippen molar-refractivity contribution in [1.29, 1.82) is 0 Å². The van der Waals surface area contributed by atoms with E-state index in [4.69, 9.17) is 4.74 Å². The minimum atomic E-state index is -0.0836. The third-order valence-corrected chi connectivity index (χ3v) is 6.34. The third kappa shape index (κ3) is 2.74. The highest BCUT2D eigenvalue weighted by Crippen LogP contribution is 2.49. The zero-order valence-corrected chi connectivity index (χ0v) is 15.9. The first kappa shape index (κ1) is 16.8. The minimum absolute atomic E-state index is 0.0836. The number of rotatable bonds is 4. The van der Waals surface area contributed by atoms with Gasteiger partial charge in [-0.3, -0.25) is 9.69 Å². The van der Waals surface area contributed by atoms with Crippen LogP contribution in [0.1, 0.15) is 25.3 Å². The number of ether oxygens (including phenoxy) is 1. The summed E-state index contributed by atoms with van der Waals surface area (Å²) in [6.45, 7) is 5.09. The SMILES string of the molecule is CCOC(=O)CCN1CCN2C3=C4C(=CC=C[C@@H]4C[C@H]31)Cc1ccccc12. The Morgan fingerprint density at radius 3 is 3.04 bits per heavy atom. The normalized spacial score (nSPS) is 25.7. The van der Waals surface area contributed by atoms with E-state index in [-0.39, 0.29) is 5.97 Å². The number of anilines is 1. The number of benzene rings is 1. The molecule has 0 amide bonds. The Morgan fingerprint density at radius 1 is 1.26 bits per heavy atom. The van der Waals surface area contributed by atoms with E-state index in [2.05, 4.69) is 52.3 Å². The zero-order chi connectivity index (χ0) is 18.4.